The van der Waals surface area contributed by atoms with Crippen molar-refractivity contribution in [1.82, 2.24) is 0 Å². The van der Waals surface area contributed by atoms with Gasteiger partial charge in [-0.3, -0.25) is 4.79 Å². The molecule has 0 saturated carbocycles. The number of carbonyl (C=O) groups is 1. The second-order valence-corrected chi connectivity index (χ2v) is 2.75. The van der Waals surface area contributed by atoms with Crippen LogP contribution in [-0.4, -0.2) is 31.4 Å². The summed E-state index contributed by atoms with van der Waals surface area (Å²) in [5.74, 6) is -9.30. The minimum Gasteiger partial charge on any atom is -0.494 e. The van der Waals surface area contributed by atoms with E-state index in [0.717, 1.165) is 0 Å². The van der Waals surface area contributed by atoms with Crippen LogP contribution < -0.4 is 0 Å². The van der Waals surface area contributed by atoms with Gasteiger partial charge in [-0.05, 0) is 0 Å². The largest absolute Gasteiger partial charge is 0.494 e. The summed E-state index contributed by atoms with van der Waals surface area (Å²) in [6.45, 7) is 0. The van der Waals surface area contributed by atoms with Crippen LogP contribution in [0.4, 0.5) is 39.5 Å². The molecule has 0 radical (unpaired) electrons. The van der Waals surface area contributed by atoms with Crippen molar-refractivity contribution in [3.8, 4) is 0 Å². The zero-order valence-corrected chi connectivity index (χ0v) is 8.22. The lowest BCUT2D eigenvalue weighted by atomic mass is 10.1. The Labute approximate surface area is 93.0 Å². The highest BCUT2D eigenvalue weighted by Gasteiger charge is 2.65. The molecule has 0 spiro atoms. The fourth-order valence-electron chi connectivity index (χ4n) is 0.845. The van der Waals surface area contributed by atoms with E-state index in [0.29, 0.717) is 0 Å². The highest BCUT2D eigenvalue weighted by atomic mass is 19.4. The first-order valence-corrected chi connectivity index (χ1v) is 3.77. The normalized spacial score (nSPS) is 15.2. The Hall–Kier alpha value is -1.42. The van der Waals surface area contributed by atoms with Gasteiger partial charge in [0.15, 0.2) is 11.3 Å². The second-order valence-electron chi connectivity index (χ2n) is 2.75. The van der Waals surface area contributed by atoms with E-state index in [-0.39, 0.29) is 7.11 Å². The zero-order valence-electron chi connectivity index (χ0n) is 8.22. The lowest BCUT2D eigenvalue weighted by molar-refractivity contribution is -0.277. The Balaban J connectivity index is 6.16. The molecule has 0 aliphatic heterocycles. The number of methoxy groups -OCH3 is 1. The van der Waals surface area contributed by atoms with Crippen molar-refractivity contribution < 1.29 is 49.0 Å². The molecule has 0 atom stereocenters. The van der Waals surface area contributed by atoms with E-state index in [9.17, 15) is 44.3 Å². The maximum atomic E-state index is 12.6. The maximum Gasteiger partial charge on any atom is 0.461 e. The molecular formula is C7H3F9O2. The summed E-state index contributed by atoms with van der Waals surface area (Å²) in [5.41, 5.74) is -3.34. The number of allylic oxidation sites excluding steroid dienone is 2. The van der Waals surface area contributed by atoms with Gasteiger partial charge in [0.25, 0.3) is 0 Å². The van der Waals surface area contributed by atoms with Gasteiger partial charge in [0.2, 0.25) is 0 Å². The number of ether oxygens (including phenoxy) is 1. The van der Waals surface area contributed by atoms with Crippen molar-refractivity contribution in [1.29, 1.82) is 0 Å². The molecule has 0 aromatic rings. The monoisotopic (exact) mass is 290 g/mol. The topological polar surface area (TPSA) is 26.3 Å². The van der Waals surface area contributed by atoms with E-state index in [4.69, 9.17) is 0 Å². The van der Waals surface area contributed by atoms with Gasteiger partial charge in [0.05, 0.1) is 7.11 Å². The fourth-order valence-corrected chi connectivity index (χ4v) is 0.845. The predicted molar refractivity (Wildman–Crippen MR) is 37.2 cm³/mol. The van der Waals surface area contributed by atoms with Crippen molar-refractivity contribution in [3.05, 3.63) is 11.3 Å². The Morgan fingerprint density at radius 2 is 1.33 bits per heavy atom. The summed E-state index contributed by atoms with van der Waals surface area (Å²) in [7, 11) is 0.0175. The lowest BCUT2D eigenvalue weighted by Crippen LogP contribution is -2.41. The third-order valence-electron chi connectivity index (χ3n) is 1.55. The molecular weight excluding hydrogens is 287 g/mol. The smallest absolute Gasteiger partial charge is 0.461 e. The van der Waals surface area contributed by atoms with E-state index >= 15 is 0 Å². The zero-order chi connectivity index (χ0) is 14.9. The molecule has 11 heteroatoms. The number of hydrogen-bond donors (Lipinski definition) is 0. The standard InChI is InChI=1S/C7H3F9O2/c1-18-3(5(9,10)7(14,15)16)2(4(8)17)6(11,12)13/h1H3/b3-2+. The van der Waals surface area contributed by atoms with E-state index in [1.165, 1.54) is 0 Å². The molecule has 0 aromatic heterocycles. The lowest BCUT2D eigenvalue weighted by Gasteiger charge is -2.23. The summed E-state index contributed by atoms with van der Waals surface area (Å²) >= 11 is 0. The van der Waals surface area contributed by atoms with Gasteiger partial charge in [-0.1, -0.05) is 0 Å². The SMILES string of the molecule is CO/C(=C(\C(=O)F)C(F)(F)F)C(F)(F)C(F)(F)F. The molecule has 2 nitrogen and oxygen atoms in total. The summed E-state index contributed by atoms with van der Waals surface area (Å²) in [6.07, 6.45) is -12.5. The molecule has 106 valence electrons. The van der Waals surface area contributed by atoms with Crippen molar-refractivity contribution in [3.63, 3.8) is 0 Å². The van der Waals surface area contributed by atoms with Crippen LogP contribution in [0.3, 0.4) is 0 Å². The minimum absolute atomic E-state index is 0.0175. The van der Waals surface area contributed by atoms with Crippen molar-refractivity contribution in [2.45, 2.75) is 18.3 Å². The fraction of sp³-hybridized carbons (Fsp3) is 0.571. The number of halogens is 9. The van der Waals surface area contributed by atoms with E-state index in [2.05, 4.69) is 4.74 Å². The van der Waals surface area contributed by atoms with Crippen LogP contribution in [0.2, 0.25) is 0 Å². The third kappa shape index (κ3) is 3.07. The Morgan fingerprint density at radius 1 is 0.944 bits per heavy atom. The molecule has 0 amide bonds. The van der Waals surface area contributed by atoms with Crippen LogP contribution in [0.5, 0.6) is 0 Å². The van der Waals surface area contributed by atoms with Crippen molar-refractivity contribution >= 4 is 6.04 Å². The molecule has 0 aliphatic carbocycles. The molecule has 0 heterocycles. The maximum absolute atomic E-state index is 12.6. The highest BCUT2D eigenvalue weighted by Crippen LogP contribution is 2.45. The van der Waals surface area contributed by atoms with Gasteiger partial charge in [0, 0.05) is 0 Å². The number of alkyl halides is 8. The van der Waals surface area contributed by atoms with Crippen LogP contribution >= 0.6 is 0 Å². The molecule has 0 rings (SSSR count). The predicted octanol–water partition coefficient (Wildman–Crippen LogP) is 3.14. The Bertz CT molecular complexity index is 362. The van der Waals surface area contributed by atoms with Crippen LogP contribution in [0.25, 0.3) is 0 Å². The number of hydrogen-bond acceptors (Lipinski definition) is 2. The van der Waals surface area contributed by atoms with Gasteiger partial charge in [-0.25, -0.2) is 0 Å². The molecule has 0 N–H and O–H groups in total. The summed E-state index contributed by atoms with van der Waals surface area (Å²) in [6, 6.07) is -3.51. The van der Waals surface area contributed by atoms with Gasteiger partial charge in [-0.2, -0.15) is 39.5 Å². The first-order valence-electron chi connectivity index (χ1n) is 3.77. The van der Waals surface area contributed by atoms with E-state index in [1.807, 2.05) is 0 Å². The molecule has 0 aliphatic rings. The van der Waals surface area contributed by atoms with Gasteiger partial charge in [0.1, 0.15) is 0 Å². The Kier molecular flexibility index (Phi) is 4.32. The van der Waals surface area contributed by atoms with Gasteiger partial charge >= 0.3 is 24.3 Å². The number of carbonyl (C=O) groups excluding carboxylic acids is 1. The molecule has 0 unspecified atom stereocenters. The molecule has 0 aromatic carbocycles. The van der Waals surface area contributed by atoms with Gasteiger partial charge < -0.3 is 4.74 Å². The molecule has 18 heavy (non-hydrogen) atoms. The highest BCUT2D eigenvalue weighted by molar-refractivity contribution is 5.89. The quantitative estimate of drug-likeness (QED) is 0.345. The first-order chi connectivity index (χ1) is 7.76. The Morgan fingerprint density at radius 3 is 1.50 bits per heavy atom. The summed E-state index contributed by atoms with van der Waals surface area (Å²) < 4.78 is 112. The van der Waals surface area contributed by atoms with Crippen molar-refractivity contribution in [2.24, 2.45) is 0 Å². The van der Waals surface area contributed by atoms with Crippen molar-refractivity contribution in [2.75, 3.05) is 7.11 Å². The molecule has 0 bridgehead atoms. The first kappa shape index (κ1) is 16.6. The van der Waals surface area contributed by atoms with Gasteiger partial charge in [-0.15, -0.1) is 0 Å². The second kappa shape index (κ2) is 4.69. The minimum atomic E-state index is -6.48. The summed E-state index contributed by atoms with van der Waals surface area (Å²) in [5, 5.41) is 0. The molecule has 0 saturated heterocycles. The third-order valence-corrected chi connectivity index (χ3v) is 1.55. The van der Waals surface area contributed by atoms with E-state index in [1.54, 1.807) is 0 Å². The average molecular weight is 290 g/mol. The summed E-state index contributed by atoms with van der Waals surface area (Å²) in [4.78, 5) is 9.94. The number of rotatable bonds is 3. The van der Waals surface area contributed by atoms with Crippen LogP contribution in [0.15, 0.2) is 11.3 Å². The van der Waals surface area contributed by atoms with Crippen LogP contribution in [0, 0.1) is 0 Å². The molecule has 0 fully saturated rings. The van der Waals surface area contributed by atoms with Crippen LogP contribution in [-0.2, 0) is 9.53 Å². The average Bonchev–Trinajstić information content (AvgIpc) is 2.08. The van der Waals surface area contributed by atoms with E-state index < -0.39 is 35.6 Å². The van der Waals surface area contributed by atoms with Crippen LogP contribution in [0.1, 0.15) is 0 Å².